The zero-order valence-electron chi connectivity index (χ0n) is 16.4. The highest BCUT2D eigenvalue weighted by Gasteiger charge is 2.39. The molecule has 0 radical (unpaired) electrons. The normalized spacial score (nSPS) is 21.0. The highest BCUT2D eigenvalue weighted by Crippen LogP contribution is 2.19. The highest BCUT2D eigenvalue weighted by molar-refractivity contribution is 6.05. The molecule has 0 bridgehead atoms. The highest BCUT2D eigenvalue weighted by atomic mass is 16.5. The second-order valence-electron chi connectivity index (χ2n) is 7.59. The summed E-state index contributed by atoms with van der Waals surface area (Å²) in [5.41, 5.74) is 0.823. The Kier molecular flexibility index (Phi) is 6.90. The van der Waals surface area contributed by atoms with Crippen molar-refractivity contribution in [2.75, 3.05) is 7.11 Å². The number of carbonyl (C=O) groups is 3. The van der Waals surface area contributed by atoms with Gasteiger partial charge in [-0.1, -0.05) is 44.2 Å². The number of nitrogens with one attached hydrogen (secondary N) is 2. The van der Waals surface area contributed by atoms with Crippen LogP contribution >= 0.6 is 0 Å². The summed E-state index contributed by atoms with van der Waals surface area (Å²) in [6, 6.07) is 6.13. The third kappa shape index (κ3) is 5.24. The van der Waals surface area contributed by atoms with E-state index in [1.54, 1.807) is 19.2 Å². The predicted molar refractivity (Wildman–Crippen MR) is 105 cm³/mol. The Morgan fingerprint density at radius 1 is 1.11 bits per heavy atom. The van der Waals surface area contributed by atoms with Crippen LogP contribution in [0.15, 0.2) is 24.3 Å². The fourth-order valence-electron chi connectivity index (χ4n) is 3.85. The molecule has 1 aromatic carbocycles. The molecule has 4 amide bonds. The smallest absolute Gasteiger partial charge is 0.325 e. The lowest BCUT2D eigenvalue weighted by molar-refractivity contribution is -0.131. The molecule has 0 spiro atoms. The quantitative estimate of drug-likeness (QED) is 0.735. The van der Waals surface area contributed by atoms with Crippen LogP contribution in [-0.2, 0) is 16.1 Å². The van der Waals surface area contributed by atoms with E-state index >= 15 is 0 Å². The average Bonchev–Trinajstić information content (AvgIpc) is 2.92. The first-order chi connectivity index (χ1) is 13.6. The molecular formula is C21H29N3O4. The molecule has 2 aliphatic rings. The van der Waals surface area contributed by atoms with Gasteiger partial charge in [-0.15, -0.1) is 0 Å². The molecule has 1 atom stereocenters. The average molecular weight is 387 g/mol. The van der Waals surface area contributed by atoms with E-state index in [1.165, 1.54) is 19.3 Å². The second-order valence-corrected chi connectivity index (χ2v) is 7.59. The van der Waals surface area contributed by atoms with Gasteiger partial charge in [0.2, 0.25) is 5.91 Å². The third-order valence-corrected chi connectivity index (χ3v) is 5.47. The fraction of sp³-hybridized carbons (Fsp3) is 0.571. The van der Waals surface area contributed by atoms with Crippen LogP contribution in [0.4, 0.5) is 4.79 Å². The van der Waals surface area contributed by atoms with Crippen molar-refractivity contribution in [1.82, 2.24) is 15.5 Å². The van der Waals surface area contributed by atoms with E-state index < -0.39 is 12.1 Å². The van der Waals surface area contributed by atoms with Crippen LogP contribution in [0.3, 0.4) is 0 Å². The number of ether oxygens (including phenoxy) is 1. The molecule has 1 saturated heterocycles. The van der Waals surface area contributed by atoms with Crippen LogP contribution in [0.5, 0.6) is 5.75 Å². The first kappa shape index (κ1) is 20.2. The van der Waals surface area contributed by atoms with Crippen LogP contribution in [0.2, 0.25) is 0 Å². The molecule has 7 nitrogen and oxygen atoms in total. The topological polar surface area (TPSA) is 87.7 Å². The summed E-state index contributed by atoms with van der Waals surface area (Å²) in [4.78, 5) is 38.4. The van der Waals surface area contributed by atoms with Crippen molar-refractivity contribution in [3.05, 3.63) is 29.8 Å². The fourth-order valence-corrected chi connectivity index (χ4v) is 3.85. The molecular weight excluding hydrogens is 358 g/mol. The lowest BCUT2D eigenvalue weighted by Gasteiger charge is -2.21. The van der Waals surface area contributed by atoms with E-state index in [9.17, 15) is 14.4 Å². The molecule has 28 heavy (non-hydrogen) atoms. The summed E-state index contributed by atoms with van der Waals surface area (Å²) >= 11 is 0. The maximum atomic E-state index is 12.6. The monoisotopic (exact) mass is 387 g/mol. The number of benzene rings is 1. The molecule has 0 unspecified atom stereocenters. The van der Waals surface area contributed by atoms with E-state index in [4.69, 9.17) is 4.74 Å². The van der Waals surface area contributed by atoms with Crippen LogP contribution in [0.25, 0.3) is 0 Å². The van der Waals surface area contributed by atoms with Crippen LogP contribution in [-0.4, -0.2) is 41.9 Å². The van der Waals surface area contributed by atoms with Gasteiger partial charge < -0.3 is 15.4 Å². The number of amides is 4. The Morgan fingerprint density at radius 2 is 1.75 bits per heavy atom. The van der Waals surface area contributed by atoms with Crippen molar-refractivity contribution in [3.8, 4) is 5.75 Å². The van der Waals surface area contributed by atoms with E-state index in [0.29, 0.717) is 5.75 Å². The van der Waals surface area contributed by atoms with Gasteiger partial charge in [0.25, 0.3) is 5.91 Å². The van der Waals surface area contributed by atoms with Gasteiger partial charge in [0, 0.05) is 6.04 Å². The van der Waals surface area contributed by atoms with E-state index in [0.717, 1.165) is 36.1 Å². The number of hydrogen-bond donors (Lipinski definition) is 2. The molecule has 1 saturated carbocycles. The SMILES string of the molecule is COc1ccc(CN2C(=O)N[C@H](CC(=O)NC3CCCCCCC3)C2=O)cc1. The summed E-state index contributed by atoms with van der Waals surface area (Å²) in [6.07, 6.45) is 7.90. The molecule has 2 fully saturated rings. The molecule has 1 aromatic rings. The molecule has 3 rings (SSSR count). The second kappa shape index (κ2) is 9.57. The number of rotatable bonds is 6. The summed E-state index contributed by atoms with van der Waals surface area (Å²) in [5.74, 6) is 0.189. The molecule has 1 aliphatic carbocycles. The van der Waals surface area contributed by atoms with Gasteiger partial charge in [-0.3, -0.25) is 14.5 Å². The van der Waals surface area contributed by atoms with E-state index in [1.807, 2.05) is 12.1 Å². The summed E-state index contributed by atoms with van der Waals surface area (Å²) in [7, 11) is 1.58. The number of methoxy groups -OCH3 is 1. The molecule has 2 N–H and O–H groups in total. The van der Waals surface area contributed by atoms with Crippen molar-refractivity contribution in [3.63, 3.8) is 0 Å². The van der Waals surface area contributed by atoms with Crippen molar-refractivity contribution in [2.24, 2.45) is 0 Å². The van der Waals surface area contributed by atoms with Crippen molar-refractivity contribution >= 4 is 17.8 Å². The van der Waals surface area contributed by atoms with Crippen molar-refractivity contribution in [1.29, 1.82) is 0 Å². The lowest BCUT2D eigenvalue weighted by Crippen LogP contribution is -2.40. The van der Waals surface area contributed by atoms with Gasteiger partial charge in [-0.2, -0.15) is 0 Å². The summed E-state index contributed by atoms with van der Waals surface area (Å²) < 4.78 is 5.11. The largest absolute Gasteiger partial charge is 0.497 e. The molecule has 0 aromatic heterocycles. The van der Waals surface area contributed by atoms with Crippen LogP contribution in [0.1, 0.15) is 56.9 Å². The number of urea groups is 1. The zero-order valence-corrected chi connectivity index (χ0v) is 16.4. The first-order valence-electron chi connectivity index (χ1n) is 10.1. The minimum absolute atomic E-state index is 0.0137. The Balaban J connectivity index is 1.52. The van der Waals surface area contributed by atoms with Gasteiger partial charge >= 0.3 is 6.03 Å². The van der Waals surface area contributed by atoms with Gasteiger partial charge in [-0.05, 0) is 30.5 Å². The predicted octanol–water partition coefficient (Wildman–Crippen LogP) is 2.73. The Labute approximate surface area is 165 Å². The Hall–Kier alpha value is -2.57. The van der Waals surface area contributed by atoms with E-state index in [2.05, 4.69) is 10.6 Å². The molecule has 1 heterocycles. The van der Waals surface area contributed by atoms with Crippen molar-refractivity contribution in [2.45, 2.75) is 70.0 Å². The van der Waals surface area contributed by atoms with Gasteiger partial charge in [0.1, 0.15) is 11.8 Å². The van der Waals surface area contributed by atoms with Crippen molar-refractivity contribution < 1.29 is 19.1 Å². The van der Waals surface area contributed by atoms with Gasteiger partial charge in [0.05, 0.1) is 20.1 Å². The standard InChI is InChI=1S/C21H29N3O4/c1-28-17-11-9-15(10-12-17)14-24-20(26)18(23-21(24)27)13-19(25)22-16-7-5-3-2-4-6-8-16/h9-12,16,18H,2-8,13-14H2,1H3,(H,22,25)(H,23,27)/t18-/m1/s1. The minimum atomic E-state index is -0.792. The number of imide groups is 1. The van der Waals surface area contributed by atoms with Crippen LogP contribution in [0, 0.1) is 0 Å². The minimum Gasteiger partial charge on any atom is -0.497 e. The maximum absolute atomic E-state index is 12.6. The van der Waals surface area contributed by atoms with Crippen LogP contribution < -0.4 is 15.4 Å². The molecule has 152 valence electrons. The Bertz CT molecular complexity index is 696. The van der Waals surface area contributed by atoms with E-state index in [-0.39, 0.29) is 30.8 Å². The number of nitrogens with zero attached hydrogens (tertiary/aromatic N) is 1. The number of carbonyl (C=O) groups excluding carboxylic acids is 3. The summed E-state index contributed by atoms with van der Waals surface area (Å²) in [6.45, 7) is 0.176. The van der Waals surface area contributed by atoms with Gasteiger partial charge in [0.15, 0.2) is 0 Å². The lowest BCUT2D eigenvalue weighted by atomic mass is 9.96. The Morgan fingerprint density at radius 3 is 2.39 bits per heavy atom. The summed E-state index contributed by atoms with van der Waals surface area (Å²) in [5, 5.41) is 5.69. The number of hydrogen-bond acceptors (Lipinski definition) is 4. The molecule has 1 aliphatic heterocycles. The third-order valence-electron chi connectivity index (χ3n) is 5.47. The first-order valence-corrected chi connectivity index (χ1v) is 10.1. The molecule has 7 heteroatoms. The van der Waals surface area contributed by atoms with Gasteiger partial charge in [-0.25, -0.2) is 4.79 Å². The zero-order chi connectivity index (χ0) is 19.9. The maximum Gasteiger partial charge on any atom is 0.325 e.